The topological polar surface area (TPSA) is 66.4 Å². The smallest absolute Gasteiger partial charge is 0.325 e. The second-order valence-electron chi connectivity index (χ2n) is 4.56. The number of nitrogens with one attached hydrogen (secondary N) is 1. The lowest BCUT2D eigenvalue weighted by Gasteiger charge is -2.10. The molecule has 0 aliphatic rings. The minimum atomic E-state index is -1.02. The normalized spacial score (nSPS) is 11.9. The summed E-state index contributed by atoms with van der Waals surface area (Å²) in [6, 6.07) is 5.27. The van der Waals surface area contributed by atoms with E-state index in [1.165, 1.54) is 12.5 Å². The van der Waals surface area contributed by atoms with Crippen LogP contribution >= 0.6 is 0 Å². The maximum Gasteiger partial charge on any atom is 0.325 e. The molecule has 2 N–H and O–H groups in total. The molecule has 0 saturated carbocycles. The maximum atomic E-state index is 11.5. The van der Waals surface area contributed by atoms with Crippen molar-refractivity contribution in [2.45, 2.75) is 39.7 Å². The Kier molecular flexibility index (Phi) is 4.89. The van der Waals surface area contributed by atoms with E-state index in [0.29, 0.717) is 12.8 Å². The zero-order valence-electron chi connectivity index (χ0n) is 11.0. The van der Waals surface area contributed by atoms with E-state index in [1.807, 2.05) is 26.0 Å². The van der Waals surface area contributed by atoms with Crippen LogP contribution in [0, 0.1) is 13.8 Å². The van der Waals surface area contributed by atoms with Gasteiger partial charge in [0.25, 0.3) is 0 Å². The number of benzene rings is 1. The van der Waals surface area contributed by atoms with Gasteiger partial charge in [0.2, 0.25) is 5.91 Å². The molecule has 0 radical (unpaired) electrons. The summed E-state index contributed by atoms with van der Waals surface area (Å²) in [5.41, 5.74) is 3.48. The first kappa shape index (κ1) is 14.2. The van der Waals surface area contributed by atoms with Gasteiger partial charge in [-0.25, -0.2) is 0 Å². The first-order chi connectivity index (χ1) is 8.40. The number of amides is 1. The zero-order chi connectivity index (χ0) is 13.7. The molecular formula is C14H19NO3. The summed E-state index contributed by atoms with van der Waals surface area (Å²) in [4.78, 5) is 22.1. The molecule has 1 rings (SSSR count). The van der Waals surface area contributed by atoms with Crippen molar-refractivity contribution in [2.75, 3.05) is 0 Å². The Morgan fingerprint density at radius 3 is 2.56 bits per heavy atom. The number of carboxylic acids is 1. The van der Waals surface area contributed by atoms with Crippen molar-refractivity contribution >= 4 is 11.9 Å². The van der Waals surface area contributed by atoms with Gasteiger partial charge in [0.05, 0.1) is 0 Å². The Morgan fingerprint density at radius 1 is 1.33 bits per heavy atom. The van der Waals surface area contributed by atoms with E-state index in [9.17, 15) is 9.59 Å². The third-order valence-corrected chi connectivity index (χ3v) is 2.87. The van der Waals surface area contributed by atoms with Gasteiger partial charge < -0.3 is 10.4 Å². The standard InChI is InChI=1S/C14H19NO3/c1-9-4-5-12(10(2)8-9)6-7-13(16)15-11(3)14(17)18/h4-5,8,11H,6-7H2,1-3H3,(H,15,16)(H,17,18)/t11-/m1/s1. The number of carbonyl (C=O) groups is 2. The summed E-state index contributed by atoms with van der Waals surface area (Å²) in [6.45, 7) is 5.50. The first-order valence-electron chi connectivity index (χ1n) is 5.98. The molecule has 0 aromatic heterocycles. The molecule has 1 aromatic carbocycles. The van der Waals surface area contributed by atoms with Crippen LogP contribution in [0.15, 0.2) is 18.2 Å². The number of aryl methyl sites for hydroxylation is 3. The molecule has 0 aliphatic carbocycles. The fourth-order valence-corrected chi connectivity index (χ4v) is 1.75. The minimum absolute atomic E-state index is 0.232. The molecule has 0 fully saturated rings. The minimum Gasteiger partial charge on any atom is -0.480 e. The van der Waals surface area contributed by atoms with Crippen LogP contribution < -0.4 is 5.32 Å². The molecule has 0 bridgehead atoms. The quantitative estimate of drug-likeness (QED) is 0.836. The van der Waals surface area contributed by atoms with Crippen molar-refractivity contribution in [1.82, 2.24) is 5.32 Å². The van der Waals surface area contributed by atoms with E-state index in [0.717, 1.165) is 11.1 Å². The molecule has 4 heteroatoms. The molecule has 0 heterocycles. The van der Waals surface area contributed by atoms with Crippen molar-refractivity contribution in [3.8, 4) is 0 Å². The van der Waals surface area contributed by atoms with E-state index in [2.05, 4.69) is 11.4 Å². The predicted octanol–water partition coefficient (Wildman–Crippen LogP) is 1.83. The third-order valence-electron chi connectivity index (χ3n) is 2.87. The van der Waals surface area contributed by atoms with Crippen molar-refractivity contribution in [3.05, 3.63) is 34.9 Å². The molecular weight excluding hydrogens is 230 g/mol. The zero-order valence-corrected chi connectivity index (χ0v) is 11.0. The van der Waals surface area contributed by atoms with Crippen LogP contribution in [-0.4, -0.2) is 23.0 Å². The van der Waals surface area contributed by atoms with Crippen molar-refractivity contribution < 1.29 is 14.7 Å². The van der Waals surface area contributed by atoms with E-state index in [4.69, 9.17) is 5.11 Å². The van der Waals surface area contributed by atoms with Gasteiger partial charge in [-0.1, -0.05) is 23.8 Å². The van der Waals surface area contributed by atoms with Crippen molar-refractivity contribution in [2.24, 2.45) is 0 Å². The Hall–Kier alpha value is -1.84. The number of rotatable bonds is 5. The Morgan fingerprint density at radius 2 is 2.00 bits per heavy atom. The highest BCUT2D eigenvalue weighted by Gasteiger charge is 2.13. The Labute approximate surface area is 107 Å². The van der Waals surface area contributed by atoms with Crippen LogP contribution in [0.2, 0.25) is 0 Å². The molecule has 0 aliphatic heterocycles. The van der Waals surface area contributed by atoms with Crippen LogP contribution in [0.4, 0.5) is 0 Å². The molecule has 4 nitrogen and oxygen atoms in total. The van der Waals surface area contributed by atoms with Crippen molar-refractivity contribution in [3.63, 3.8) is 0 Å². The molecule has 0 spiro atoms. The van der Waals surface area contributed by atoms with Gasteiger partial charge in [-0.05, 0) is 38.3 Å². The van der Waals surface area contributed by atoms with Gasteiger partial charge in [-0.3, -0.25) is 9.59 Å². The largest absolute Gasteiger partial charge is 0.480 e. The number of hydrogen-bond donors (Lipinski definition) is 2. The highest BCUT2D eigenvalue weighted by molar-refractivity contribution is 5.83. The summed E-state index contributed by atoms with van der Waals surface area (Å²) in [5, 5.41) is 11.1. The van der Waals surface area contributed by atoms with Crippen LogP contribution in [0.5, 0.6) is 0 Å². The van der Waals surface area contributed by atoms with Crippen LogP contribution in [0.25, 0.3) is 0 Å². The van der Waals surface area contributed by atoms with Gasteiger partial charge in [0.1, 0.15) is 6.04 Å². The Balaban J connectivity index is 2.50. The molecule has 98 valence electrons. The fraction of sp³-hybridized carbons (Fsp3) is 0.429. The van der Waals surface area contributed by atoms with E-state index in [1.54, 1.807) is 0 Å². The Bertz CT molecular complexity index is 454. The molecule has 0 saturated heterocycles. The SMILES string of the molecule is Cc1ccc(CCC(=O)N[C@H](C)C(=O)O)c(C)c1. The lowest BCUT2D eigenvalue weighted by molar-refractivity contribution is -0.141. The highest BCUT2D eigenvalue weighted by atomic mass is 16.4. The molecule has 1 amide bonds. The summed E-state index contributed by atoms with van der Waals surface area (Å²) in [5.74, 6) is -1.25. The third kappa shape index (κ3) is 4.20. The molecule has 1 atom stereocenters. The first-order valence-corrected chi connectivity index (χ1v) is 5.98. The van der Waals surface area contributed by atoms with Gasteiger partial charge in [0, 0.05) is 6.42 Å². The second kappa shape index (κ2) is 6.19. The lowest BCUT2D eigenvalue weighted by Crippen LogP contribution is -2.38. The van der Waals surface area contributed by atoms with Crippen LogP contribution in [0.3, 0.4) is 0 Å². The number of carboxylic acid groups (broad SMARTS) is 1. The summed E-state index contributed by atoms with van der Waals surface area (Å²) >= 11 is 0. The number of carbonyl (C=O) groups excluding carboxylic acids is 1. The van der Waals surface area contributed by atoms with Crippen LogP contribution in [0.1, 0.15) is 30.0 Å². The molecule has 0 unspecified atom stereocenters. The van der Waals surface area contributed by atoms with Crippen molar-refractivity contribution in [1.29, 1.82) is 0 Å². The average molecular weight is 249 g/mol. The summed E-state index contributed by atoms with van der Waals surface area (Å²) < 4.78 is 0. The predicted molar refractivity (Wildman–Crippen MR) is 69.5 cm³/mol. The molecule has 1 aromatic rings. The monoisotopic (exact) mass is 249 g/mol. The van der Waals surface area contributed by atoms with E-state index >= 15 is 0 Å². The number of aliphatic carboxylic acids is 1. The summed E-state index contributed by atoms with van der Waals surface area (Å²) in [7, 11) is 0. The van der Waals surface area contributed by atoms with E-state index in [-0.39, 0.29) is 5.91 Å². The maximum absolute atomic E-state index is 11.5. The fourth-order valence-electron chi connectivity index (χ4n) is 1.75. The average Bonchev–Trinajstić information content (AvgIpc) is 2.27. The number of hydrogen-bond acceptors (Lipinski definition) is 2. The van der Waals surface area contributed by atoms with E-state index < -0.39 is 12.0 Å². The second-order valence-corrected chi connectivity index (χ2v) is 4.56. The lowest BCUT2D eigenvalue weighted by atomic mass is 10.0. The van der Waals surface area contributed by atoms with Gasteiger partial charge >= 0.3 is 5.97 Å². The highest BCUT2D eigenvalue weighted by Crippen LogP contribution is 2.12. The van der Waals surface area contributed by atoms with Crippen LogP contribution in [-0.2, 0) is 16.0 Å². The summed E-state index contributed by atoms with van der Waals surface area (Å²) in [6.07, 6.45) is 0.936. The molecule has 18 heavy (non-hydrogen) atoms. The van der Waals surface area contributed by atoms with Gasteiger partial charge in [-0.2, -0.15) is 0 Å². The van der Waals surface area contributed by atoms with Gasteiger partial charge in [-0.15, -0.1) is 0 Å². The van der Waals surface area contributed by atoms with Gasteiger partial charge in [0.15, 0.2) is 0 Å².